The summed E-state index contributed by atoms with van der Waals surface area (Å²) < 4.78 is 22.9. The van der Waals surface area contributed by atoms with Crippen LogP contribution in [0.15, 0.2) is 16.8 Å². The second-order valence-corrected chi connectivity index (χ2v) is 9.79. The van der Waals surface area contributed by atoms with Crippen molar-refractivity contribution in [3.8, 4) is 11.8 Å². The molecule has 2 aliphatic rings. The Morgan fingerprint density at radius 1 is 1.41 bits per heavy atom. The number of hydrogen-bond donors (Lipinski definition) is 1. The van der Waals surface area contributed by atoms with Crippen molar-refractivity contribution in [2.45, 2.75) is 32.3 Å². The fraction of sp³-hybridized carbons (Fsp3) is 0.611. The lowest BCUT2D eigenvalue weighted by atomic mass is 9.94. The number of aromatic nitrogens is 2. The minimum absolute atomic E-state index is 0.137. The Kier molecular flexibility index (Phi) is 5.67. The number of hydrogen-bond acceptors (Lipinski definition) is 5. The van der Waals surface area contributed by atoms with Crippen LogP contribution in [0.4, 0.5) is 0 Å². The number of amides is 2. The summed E-state index contributed by atoms with van der Waals surface area (Å²) in [5.41, 5.74) is -0.227. The van der Waals surface area contributed by atoms with Gasteiger partial charge in [-0.05, 0) is 18.8 Å². The zero-order chi connectivity index (χ0) is 19.5. The summed E-state index contributed by atoms with van der Waals surface area (Å²) >= 11 is 0. The lowest BCUT2D eigenvalue weighted by Gasteiger charge is -2.44. The molecule has 0 radical (unpaired) electrons. The average Bonchev–Trinajstić information content (AvgIpc) is 3.18. The molecule has 3 rings (SSSR count). The van der Waals surface area contributed by atoms with E-state index < -0.39 is 21.2 Å². The second-order valence-electron chi connectivity index (χ2n) is 7.25. The topological polar surface area (TPSA) is 105 Å². The first kappa shape index (κ1) is 19.6. The molecular weight excluding hydrogens is 368 g/mol. The lowest BCUT2D eigenvalue weighted by Crippen LogP contribution is -2.56. The molecule has 0 saturated carbocycles. The van der Waals surface area contributed by atoms with E-state index in [-0.39, 0.29) is 23.3 Å². The van der Waals surface area contributed by atoms with E-state index in [2.05, 4.69) is 26.4 Å². The molecule has 146 valence electrons. The fourth-order valence-corrected chi connectivity index (χ4v) is 5.36. The molecule has 1 spiro atoms. The zero-order valence-corrected chi connectivity index (χ0v) is 16.4. The Morgan fingerprint density at radius 2 is 2.15 bits per heavy atom. The summed E-state index contributed by atoms with van der Waals surface area (Å²) in [6, 6.07) is 0. The predicted molar refractivity (Wildman–Crippen MR) is 100 cm³/mol. The van der Waals surface area contributed by atoms with Gasteiger partial charge in [-0.25, -0.2) is 4.21 Å². The number of H-pyrrole nitrogens is 1. The first-order valence-corrected chi connectivity index (χ1v) is 10.9. The third-order valence-corrected chi connectivity index (χ3v) is 6.93. The van der Waals surface area contributed by atoms with Gasteiger partial charge in [0.15, 0.2) is 0 Å². The van der Waals surface area contributed by atoms with Crippen molar-refractivity contribution in [3.63, 3.8) is 0 Å². The van der Waals surface area contributed by atoms with Crippen molar-refractivity contribution in [2.24, 2.45) is 10.3 Å². The van der Waals surface area contributed by atoms with Crippen molar-refractivity contribution >= 4 is 21.5 Å². The van der Waals surface area contributed by atoms with Crippen LogP contribution in [0.25, 0.3) is 0 Å². The van der Waals surface area contributed by atoms with Crippen LogP contribution in [-0.2, 0) is 19.3 Å². The van der Waals surface area contributed by atoms with Crippen LogP contribution >= 0.6 is 0 Å². The van der Waals surface area contributed by atoms with Crippen molar-refractivity contribution in [1.82, 2.24) is 15.1 Å². The maximum atomic E-state index is 13.0. The predicted octanol–water partition coefficient (Wildman–Crippen LogP) is 1.07. The Hall–Kier alpha value is -2.18. The molecule has 0 aliphatic carbocycles. The quantitative estimate of drug-likeness (QED) is 0.720. The first-order chi connectivity index (χ1) is 12.8. The molecule has 2 amide bonds. The summed E-state index contributed by atoms with van der Waals surface area (Å²) in [4.78, 5) is 26.1. The van der Waals surface area contributed by atoms with Crippen molar-refractivity contribution in [1.29, 1.82) is 0 Å². The van der Waals surface area contributed by atoms with Gasteiger partial charge in [0.1, 0.15) is 0 Å². The molecule has 0 unspecified atom stereocenters. The van der Waals surface area contributed by atoms with Crippen molar-refractivity contribution in [2.75, 3.05) is 31.2 Å². The van der Waals surface area contributed by atoms with E-state index >= 15 is 0 Å². The van der Waals surface area contributed by atoms with E-state index in [1.54, 1.807) is 4.90 Å². The number of rotatable bonds is 1. The highest BCUT2D eigenvalue weighted by molar-refractivity contribution is 7.93. The Balaban J connectivity index is 1.67. The number of morpholine rings is 1. The van der Waals surface area contributed by atoms with Crippen LogP contribution in [0.3, 0.4) is 0 Å². The molecule has 9 heteroatoms. The lowest BCUT2D eigenvalue weighted by molar-refractivity contribution is -0.146. The largest absolute Gasteiger partial charge is 0.371 e. The molecule has 1 aromatic heterocycles. The highest BCUT2D eigenvalue weighted by Gasteiger charge is 2.42. The summed E-state index contributed by atoms with van der Waals surface area (Å²) in [6.45, 7) is 5.25. The van der Waals surface area contributed by atoms with E-state index in [0.717, 1.165) is 0 Å². The number of aromatic amines is 1. The van der Waals surface area contributed by atoms with E-state index in [1.165, 1.54) is 12.4 Å². The summed E-state index contributed by atoms with van der Waals surface area (Å²) in [6.07, 6.45) is 3.79. The molecule has 0 bridgehead atoms. The van der Waals surface area contributed by atoms with Gasteiger partial charge in [-0.2, -0.15) is 9.46 Å². The summed E-state index contributed by atoms with van der Waals surface area (Å²) in [5, 5.41) is 6.26. The fourth-order valence-electron chi connectivity index (χ4n) is 3.19. The average molecular weight is 392 g/mol. The molecule has 0 atom stereocenters. The number of ether oxygens (including phenoxy) is 1. The van der Waals surface area contributed by atoms with E-state index in [1.807, 2.05) is 13.8 Å². The first-order valence-electron chi connectivity index (χ1n) is 9.01. The molecule has 1 aromatic rings. The van der Waals surface area contributed by atoms with Gasteiger partial charge in [-0.3, -0.25) is 14.7 Å². The van der Waals surface area contributed by atoms with Crippen LogP contribution in [0.2, 0.25) is 0 Å². The summed E-state index contributed by atoms with van der Waals surface area (Å²) in [5.74, 6) is 5.55. The van der Waals surface area contributed by atoms with Gasteiger partial charge in [0.05, 0.1) is 40.2 Å². The van der Waals surface area contributed by atoms with Crippen LogP contribution in [0.1, 0.15) is 37.0 Å². The van der Waals surface area contributed by atoms with Crippen LogP contribution in [0, 0.1) is 17.8 Å². The molecule has 1 N–H and O–H groups in total. The minimum Gasteiger partial charge on any atom is -0.371 e. The standard InChI is InChI=1S/C18H24N4O4S/c1-14(2)3-4-16(23)22-7-8-26-18(13-22)5-9-27(25,10-6-18)21-17(24)15-11-19-20-12-15/h11-12,14H,5-10,13H2,1-2H3,(H,19,20). The van der Waals surface area contributed by atoms with Gasteiger partial charge >= 0.3 is 0 Å². The van der Waals surface area contributed by atoms with Crippen molar-refractivity contribution in [3.05, 3.63) is 18.0 Å². The maximum Gasteiger partial charge on any atom is 0.298 e. The van der Waals surface area contributed by atoms with Crippen LogP contribution in [0.5, 0.6) is 0 Å². The summed E-state index contributed by atoms with van der Waals surface area (Å²) in [7, 11) is -2.63. The van der Waals surface area contributed by atoms with Crippen LogP contribution < -0.4 is 0 Å². The normalized spacial score (nSPS) is 27.9. The van der Waals surface area contributed by atoms with Crippen LogP contribution in [-0.4, -0.2) is 67.9 Å². The van der Waals surface area contributed by atoms with E-state index in [9.17, 15) is 13.8 Å². The molecule has 27 heavy (non-hydrogen) atoms. The highest BCUT2D eigenvalue weighted by atomic mass is 32.2. The second kappa shape index (κ2) is 7.82. The van der Waals surface area contributed by atoms with E-state index in [4.69, 9.17) is 4.74 Å². The molecule has 8 nitrogen and oxygen atoms in total. The van der Waals surface area contributed by atoms with E-state index in [0.29, 0.717) is 38.1 Å². The van der Waals surface area contributed by atoms with Crippen molar-refractivity contribution < 1.29 is 18.5 Å². The smallest absolute Gasteiger partial charge is 0.298 e. The zero-order valence-electron chi connectivity index (χ0n) is 15.6. The molecule has 3 heterocycles. The Morgan fingerprint density at radius 3 is 2.78 bits per heavy atom. The Labute approximate surface area is 159 Å². The Bertz CT molecular complexity index is 874. The minimum atomic E-state index is -2.63. The molecular formula is C18H24N4O4S. The monoisotopic (exact) mass is 392 g/mol. The number of carbonyl (C=O) groups excluding carboxylic acids is 2. The van der Waals surface area contributed by atoms with Gasteiger partial charge in [0.2, 0.25) is 0 Å². The third-order valence-electron chi connectivity index (χ3n) is 4.75. The van der Waals surface area contributed by atoms with Gasteiger partial charge in [-0.15, -0.1) is 0 Å². The molecule has 2 fully saturated rings. The molecule has 0 aromatic carbocycles. The third kappa shape index (κ3) is 4.76. The number of nitrogens with zero attached hydrogens (tertiary/aromatic N) is 3. The number of nitrogens with one attached hydrogen (secondary N) is 1. The van der Waals surface area contributed by atoms with Gasteiger partial charge in [0.25, 0.3) is 11.8 Å². The van der Waals surface area contributed by atoms with Gasteiger partial charge in [0, 0.05) is 30.2 Å². The number of carbonyl (C=O) groups is 2. The SMILES string of the molecule is CC(C)C#CC(=O)N1CCOC2(CCS(=O)(=NC(=O)c3cn[nH]c3)CC2)C1. The maximum absolute atomic E-state index is 13.0. The highest BCUT2D eigenvalue weighted by Crippen LogP contribution is 2.32. The molecule has 2 saturated heterocycles. The molecule has 2 aliphatic heterocycles. The van der Waals surface area contributed by atoms with Gasteiger partial charge < -0.3 is 9.64 Å². The van der Waals surface area contributed by atoms with Gasteiger partial charge in [-0.1, -0.05) is 19.8 Å².